The van der Waals surface area contributed by atoms with E-state index in [2.05, 4.69) is 6.58 Å². The first-order valence-corrected chi connectivity index (χ1v) is 6.71. The molecular weight excluding hydrogens is 214 g/mol. The molecule has 0 aromatic rings. The number of hydrogen-bond acceptors (Lipinski definition) is 3. The van der Waals surface area contributed by atoms with Crippen molar-refractivity contribution in [2.24, 2.45) is 11.7 Å². The maximum absolute atomic E-state index is 12.2. The largest absolute Gasteiger partial charge is 0.375 e. The smallest absolute Gasteiger partial charge is 0.153 e. The molecule has 1 saturated carbocycles. The van der Waals surface area contributed by atoms with Crippen LogP contribution in [0.25, 0.3) is 0 Å². The maximum Gasteiger partial charge on any atom is 0.153 e. The van der Waals surface area contributed by atoms with Crippen LogP contribution in [-0.4, -0.2) is 24.0 Å². The van der Waals surface area contributed by atoms with Crippen LogP contribution in [0.4, 0.5) is 0 Å². The Kier molecular flexibility index (Phi) is 4.00. The molecule has 96 valence electrons. The van der Waals surface area contributed by atoms with Gasteiger partial charge < -0.3 is 10.5 Å². The van der Waals surface area contributed by atoms with Crippen molar-refractivity contribution in [2.45, 2.75) is 56.6 Å². The summed E-state index contributed by atoms with van der Waals surface area (Å²) in [6.07, 6.45) is 8.75. The minimum atomic E-state index is -0.367. The summed E-state index contributed by atoms with van der Waals surface area (Å²) < 4.78 is 5.93. The summed E-state index contributed by atoms with van der Waals surface area (Å²) in [5, 5.41) is 0. The lowest BCUT2D eigenvalue weighted by molar-refractivity contribution is -0.137. The Morgan fingerprint density at radius 1 is 1.53 bits per heavy atom. The van der Waals surface area contributed by atoms with E-state index >= 15 is 0 Å². The number of Topliss-reactive ketones (excluding diaryl/α,β-unsaturated/α-hetero) is 1. The highest BCUT2D eigenvalue weighted by molar-refractivity contribution is 5.86. The van der Waals surface area contributed by atoms with Gasteiger partial charge >= 0.3 is 0 Å². The highest BCUT2D eigenvalue weighted by Crippen LogP contribution is 2.42. The van der Waals surface area contributed by atoms with E-state index in [1.165, 1.54) is 12.8 Å². The topological polar surface area (TPSA) is 52.3 Å². The van der Waals surface area contributed by atoms with Crippen LogP contribution in [0.5, 0.6) is 0 Å². The van der Waals surface area contributed by atoms with Crippen LogP contribution < -0.4 is 5.73 Å². The predicted molar refractivity (Wildman–Crippen MR) is 67.7 cm³/mol. The van der Waals surface area contributed by atoms with Gasteiger partial charge in [-0.25, -0.2) is 0 Å². The molecule has 2 N–H and O–H groups in total. The fraction of sp³-hybridized carbons (Fsp3) is 0.786. The highest BCUT2D eigenvalue weighted by atomic mass is 16.5. The van der Waals surface area contributed by atoms with Gasteiger partial charge in [0.25, 0.3) is 0 Å². The van der Waals surface area contributed by atoms with E-state index in [-0.39, 0.29) is 23.3 Å². The molecular formula is C14H23NO2. The van der Waals surface area contributed by atoms with E-state index in [1.807, 2.05) is 0 Å². The van der Waals surface area contributed by atoms with Crippen molar-refractivity contribution in [3.8, 4) is 0 Å². The molecule has 2 fully saturated rings. The predicted octanol–water partition coefficient (Wildman–Crippen LogP) is 2.20. The number of ether oxygens (including phenoxy) is 1. The lowest BCUT2D eigenvalue weighted by atomic mass is 9.80. The quantitative estimate of drug-likeness (QED) is 0.763. The van der Waals surface area contributed by atoms with Crippen molar-refractivity contribution in [3.05, 3.63) is 12.7 Å². The van der Waals surface area contributed by atoms with Gasteiger partial charge in [-0.1, -0.05) is 18.9 Å². The molecule has 3 nitrogen and oxygen atoms in total. The molecule has 0 radical (unpaired) electrons. The number of carbonyl (C=O) groups excluding carboxylic acids is 1. The number of nitrogens with two attached hydrogens (primary N) is 1. The summed E-state index contributed by atoms with van der Waals surface area (Å²) >= 11 is 0. The van der Waals surface area contributed by atoms with Gasteiger partial charge in [0.1, 0.15) is 0 Å². The summed E-state index contributed by atoms with van der Waals surface area (Å²) in [5.74, 6) is 0.316. The van der Waals surface area contributed by atoms with Crippen LogP contribution in [0.2, 0.25) is 0 Å². The van der Waals surface area contributed by atoms with Crippen LogP contribution >= 0.6 is 0 Å². The van der Waals surface area contributed by atoms with Gasteiger partial charge in [-0.2, -0.15) is 0 Å². The SMILES string of the molecule is C=CCC(N)C(=O)C1CCOC2(CCCC2)C1. The zero-order valence-corrected chi connectivity index (χ0v) is 10.5. The van der Waals surface area contributed by atoms with Gasteiger partial charge in [-0.05, 0) is 32.1 Å². The van der Waals surface area contributed by atoms with Gasteiger partial charge in [0, 0.05) is 12.5 Å². The lowest BCUT2D eigenvalue weighted by Crippen LogP contribution is -2.44. The molecule has 0 amide bonds. The van der Waals surface area contributed by atoms with E-state index in [1.54, 1.807) is 6.08 Å². The monoisotopic (exact) mass is 237 g/mol. The van der Waals surface area contributed by atoms with Gasteiger partial charge in [-0.3, -0.25) is 4.79 Å². The molecule has 0 aromatic heterocycles. The second-order valence-electron chi connectivity index (χ2n) is 5.46. The maximum atomic E-state index is 12.2. The first kappa shape index (κ1) is 12.8. The molecule has 1 heterocycles. The Morgan fingerprint density at radius 3 is 2.88 bits per heavy atom. The fourth-order valence-electron chi connectivity index (χ4n) is 3.24. The second-order valence-corrected chi connectivity index (χ2v) is 5.46. The third-order valence-electron chi connectivity index (χ3n) is 4.20. The molecule has 3 heteroatoms. The summed E-state index contributed by atoms with van der Waals surface area (Å²) in [7, 11) is 0. The molecule has 2 atom stereocenters. The van der Waals surface area contributed by atoms with Crippen LogP contribution in [0.3, 0.4) is 0 Å². The molecule has 2 unspecified atom stereocenters. The summed E-state index contributed by atoms with van der Waals surface area (Å²) in [4.78, 5) is 12.2. The van der Waals surface area contributed by atoms with Gasteiger partial charge in [0.2, 0.25) is 0 Å². The molecule has 1 spiro atoms. The van der Waals surface area contributed by atoms with E-state index in [0.717, 1.165) is 32.3 Å². The summed E-state index contributed by atoms with van der Waals surface area (Å²) in [5.41, 5.74) is 5.89. The molecule has 0 bridgehead atoms. The second kappa shape index (κ2) is 5.32. The highest BCUT2D eigenvalue weighted by Gasteiger charge is 2.42. The molecule has 2 aliphatic rings. The molecule has 1 aliphatic carbocycles. The average Bonchev–Trinajstić information content (AvgIpc) is 2.76. The minimum absolute atomic E-state index is 0.00642. The lowest BCUT2D eigenvalue weighted by Gasteiger charge is -2.38. The summed E-state index contributed by atoms with van der Waals surface area (Å²) in [6.45, 7) is 4.36. The molecule has 0 aromatic carbocycles. The number of rotatable bonds is 4. The van der Waals surface area contributed by atoms with Crippen LogP contribution in [-0.2, 0) is 9.53 Å². The molecule has 2 rings (SSSR count). The fourth-order valence-corrected chi connectivity index (χ4v) is 3.24. The Labute approximate surface area is 103 Å². The first-order valence-electron chi connectivity index (χ1n) is 6.71. The zero-order chi connectivity index (χ0) is 12.3. The molecule has 1 aliphatic heterocycles. The minimum Gasteiger partial charge on any atom is -0.375 e. The zero-order valence-electron chi connectivity index (χ0n) is 10.5. The van der Waals surface area contributed by atoms with Crippen molar-refractivity contribution < 1.29 is 9.53 Å². The molecule has 1 saturated heterocycles. The van der Waals surface area contributed by atoms with E-state index in [9.17, 15) is 4.79 Å². The Hall–Kier alpha value is -0.670. The first-order chi connectivity index (χ1) is 8.17. The number of ketones is 1. The molecule has 17 heavy (non-hydrogen) atoms. The normalized spacial score (nSPS) is 29.1. The number of hydrogen-bond donors (Lipinski definition) is 1. The van der Waals surface area contributed by atoms with Crippen molar-refractivity contribution >= 4 is 5.78 Å². The van der Waals surface area contributed by atoms with Crippen molar-refractivity contribution in [1.82, 2.24) is 0 Å². The summed E-state index contributed by atoms with van der Waals surface area (Å²) in [6, 6.07) is -0.367. The standard InChI is InChI=1S/C14H23NO2/c1-2-5-12(15)13(16)11-6-9-17-14(10-11)7-3-4-8-14/h2,11-12H,1,3-10,15H2. The van der Waals surface area contributed by atoms with Crippen molar-refractivity contribution in [1.29, 1.82) is 0 Å². The van der Waals surface area contributed by atoms with Crippen LogP contribution in [0, 0.1) is 5.92 Å². The Bertz CT molecular complexity index is 295. The van der Waals surface area contributed by atoms with Crippen LogP contribution in [0.1, 0.15) is 44.9 Å². The van der Waals surface area contributed by atoms with Gasteiger partial charge in [0.15, 0.2) is 5.78 Å². The third kappa shape index (κ3) is 2.78. The van der Waals surface area contributed by atoms with Gasteiger partial charge in [-0.15, -0.1) is 6.58 Å². The number of carbonyl (C=O) groups is 1. The van der Waals surface area contributed by atoms with E-state index in [0.29, 0.717) is 6.42 Å². The van der Waals surface area contributed by atoms with Crippen molar-refractivity contribution in [2.75, 3.05) is 6.61 Å². The van der Waals surface area contributed by atoms with E-state index in [4.69, 9.17) is 10.5 Å². The van der Waals surface area contributed by atoms with Crippen LogP contribution in [0.15, 0.2) is 12.7 Å². The van der Waals surface area contributed by atoms with Crippen molar-refractivity contribution in [3.63, 3.8) is 0 Å². The average molecular weight is 237 g/mol. The Morgan fingerprint density at radius 2 is 2.24 bits per heavy atom. The van der Waals surface area contributed by atoms with Gasteiger partial charge in [0.05, 0.1) is 11.6 Å². The van der Waals surface area contributed by atoms with E-state index < -0.39 is 0 Å². The third-order valence-corrected chi connectivity index (χ3v) is 4.20. The Balaban J connectivity index is 1.97.